The van der Waals surface area contributed by atoms with Crippen LogP contribution in [0.5, 0.6) is 0 Å². The third-order valence-electron chi connectivity index (χ3n) is 3.43. The van der Waals surface area contributed by atoms with E-state index in [1.54, 1.807) is 41.9 Å². The molecule has 3 rings (SSSR count). The van der Waals surface area contributed by atoms with Crippen LogP contribution in [0.25, 0.3) is 11.1 Å². The fraction of sp³-hybridized carbons (Fsp3) is 0.111. The highest BCUT2D eigenvalue weighted by atomic mass is 32.2. The Balaban J connectivity index is 1.82. The quantitative estimate of drug-likeness (QED) is 0.523. The number of hydrogen-bond acceptors (Lipinski definition) is 5. The third-order valence-corrected chi connectivity index (χ3v) is 6.21. The molecule has 4 nitrogen and oxygen atoms in total. The summed E-state index contributed by atoms with van der Waals surface area (Å²) in [6, 6.07) is 12.7. The first-order valence-electron chi connectivity index (χ1n) is 7.58. The number of carbonyl (C=O) groups is 1. The van der Waals surface area contributed by atoms with Crippen LogP contribution < -0.4 is 5.32 Å². The molecule has 0 bridgehead atoms. The van der Waals surface area contributed by atoms with Gasteiger partial charge < -0.3 is 10.4 Å². The van der Waals surface area contributed by atoms with Gasteiger partial charge in [0, 0.05) is 9.79 Å². The SMILES string of the molecule is CSc1cc(Sc2cnc(CNC(=O)O)s2)cc(-c2ccc(F)cc2)c1. The van der Waals surface area contributed by atoms with Crippen LogP contribution in [0.4, 0.5) is 9.18 Å². The van der Waals surface area contributed by atoms with E-state index in [0.29, 0.717) is 0 Å². The van der Waals surface area contributed by atoms with E-state index in [1.807, 2.05) is 6.26 Å². The van der Waals surface area contributed by atoms with Gasteiger partial charge in [-0.15, -0.1) is 23.1 Å². The average Bonchev–Trinajstić information content (AvgIpc) is 3.07. The number of thiazole rings is 1. The molecular formula is C18H15FN2O2S3. The maximum Gasteiger partial charge on any atom is 0.405 e. The van der Waals surface area contributed by atoms with Crippen molar-refractivity contribution in [2.75, 3.05) is 6.26 Å². The van der Waals surface area contributed by atoms with E-state index in [4.69, 9.17) is 5.11 Å². The molecule has 0 spiro atoms. The molecule has 0 aliphatic rings. The molecule has 2 N–H and O–H groups in total. The predicted molar refractivity (Wildman–Crippen MR) is 105 cm³/mol. The summed E-state index contributed by atoms with van der Waals surface area (Å²) in [5, 5.41) is 11.7. The molecule has 8 heteroatoms. The highest BCUT2D eigenvalue weighted by Crippen LogP contribution is 2.37. The van der Waals surface area contributed by atoms with Crippen molar-refractivity contribution in [3.8, 4) is 11.1 Å². The first-order valence-corrected chi connectivity index (χ1v) is 10.4. The van der Waals surface area contributed by atoms with Gasteiger partial charge in [-0.05, 0) is 47.7 Å². The van der Waals surface area contributed by atoms with Crippen LogP contribution in [-0.2, 0) is 6.54 Å². The highest BCUT2D eigenvalue weighted by Gasteiger charge is 2.08. The van der Waals surface area contributed by atoms with Gasteiger partial charge in [0.05, 0.1) is 17.0 Å². The summed E-state index contributed by atoms with van der Waals surface area (Å²) in [6.45, 7) is 0.201. The molecular weight excluding hydrogens is 391 g/mol. The maximum atomic E-state index is 13.2. The van der Waals surface area contributed by atoms with Gasteiger partial charge in [0.15, 0.2) is 0 Å². The monoisotopic (exact) mass is 406 g/mol. The van der Waals surface area contributed by atoms with Gasteiger partial charge in [0.2, 0.25) is 0 Å². The zero-order chi connectivity index (χ0) is 18.5. The van der Waals surface area contributed by atoms with Crippen molar-refractivity contribution in [1.82, 2.24) is 10.3 Å². The Morgan fingerprint density at radius 3 is 2.62 bits per heavy atom. The molecule has 0 saturated heterocycles. The lowest BCUT2D eigenvalue weighted by Gasteiger charge is -2.08. The normalized spacial score (nSPS) is 10.7. The Bertz CT molecular complexity index is 913. The first kappa shape index (κ1) is 18.8. The topological polar surface area (TPSA) is 62.2 Å². The fourth-order valence-electron chi connectivity index (χ4n) is 2.25. The van der Waals surface area contributed by atoms with Gasteiger partial charge in [0.25, 0.3) is 0 Å². The van der Waals surface area contributed by atoms with Crippen LogP contribution >= 0.6 is 34.9 Å². The van der Waals surface area contributed by atoms with Crippen molar-refractivity contribution >= 4 is 41.0 Å². The minimum Gasteiger partial charge on any atom is -0.465 e. The lowest BCUT2D eigenvalue weighted by molar-refractivity contribution is 0.194. The molecule has 1 amide bonds. The Labute approximate surface area is 162 Å². The van der Waals surface area contributed by atoms with Crippen molar-refractivity contribution in [1.29, 1.82) is 0 Å². The molecule has 26 heavy (non-hydrogen) atoms. The predicted octanol–water partition coefficient (Wildman–Crippen LogP) is 5.59. The van der Waals surface area contributed by atoms with Gasteiger partial charge in [-0.25, -0.2) is 14.2 Å². The largest absolute Gasteiger partial charge is 0.465 e. The second-order valence-electron chi connectivity index (χ2n) is 5.24. The third kappa shape index (κ3) is 5.00. The zero-order valence-corrected chi connectivity index (χ0v) is 16.2. The first-order chi connectivity index (χ1) is 12.5. The molecule has 2 aromatic carbocycles. The number of thioether (sulfide) groups is 1. The standard InChI is InChI=1S/C18H15FN2O2S3/c1-24-14-6-12(11-2-4-13(19)5-3-11)7-15(8-14)25-17-10-20-16(26-17)9-21-18(22)23/h2-8,10,21H,9H2,1H3,(H,22,23). The van der Waals surface area contributed by atoms with Gasteiger partial charge in [-0.2, -0.15) is 0 Å². The summed E-state index contributed by atoms with van der Waals surface area (Å²) < 4.78 is 14.2. The van der Waals surface area contributed by atoms with Gasteiger partial charge in [-0.1, -0.05) is 23.9 Å². The summed E-state index contributed by atoms with van der Waals surface area (Å²) in [4.78, 5) is 17.0. The minimum atomic E-state index is -1.06. The summed E-state index contributed by atoms with van der Waals surface area (Å²) >= 11 is 4.68. The Kier molecular flexibility index (Phi) is 6.18. The van der Waals surface area contributed by atoms with Crippen LogP contribution in [0.1, 0.15) is 5.01 Å². The van der Waals surface area contributed by atoms with Crippen molar-refractivity contribution in [2.24, 2.45) is 0 Å². The summed E-state index contributed by atoms with van der Waals surface area (Å²) in [6.07, 6.45) is 2.70. The van der Waals surface area contributed by atoms with E-state index in [2.05, 4.69) is 28.5 Å². The van der Waals surface area contributed by atoms with E-state index >= 15 is 0 Å². The molecule has 1 heterocycles. The number of hydrogen-bond donors (Lipinski definition) is 2. The summed E-state index contributed by atoms with van der Waals surface area (Å²) in [5.41, 5.74) is 1.98. The van der Waals surface area contributed by atoms with E-state index in [0.717, 1.165) is 30.1 Å². The van der Waals surface area contributed by atoms with Gasteiger partial charge in [0.1, 0.15) is 10.8 Å². The maximum absolute atomic E-state index is 13.2. The van der Waals surface area contributed by atoms with Crippen LogP contribution in [0.2, 0.25) is 0 Å². The van der Waals surface area contributed by atoms with Crippen LogP contribution in [0.3, 0.4) is 0 Å². The Morgan fingerprint density at radius 2 is 1.92 bits per heavy atom. The van der Waals surface area contributed by atoms with Gasteiger partial charge in [-0.3, -0.25) is 0 Å². The van der Waals surface area contributed by atoms with Crippen molar-refractivity contribution in [3.63, 3.8) is 0 Å². The molecule has 134 valence electrons. The number of nitrogens with one attached hydrogen (secondary N) is 1. The Morgan fingerprint density at radius 1 is 1.19 bits per heavy atom. The number of amides is 1. The lowest BCUT2D eigenvalue weighted by Crippen LogP contribution is -2.19. The van der Waals surface area contributed by atoms with Crippen molar-refractivity contribution < 1.29 is 14.3 Å². The molecule has 0 atom stereocenters. The second-order valence-corrected chi connectivity index (χ2v) is 8.61. The highest BCUT2D eigenvalue weighted by molar-refractivity contribution is 8.01. The Hall–Kier alpha value is -2.03. The molecule has 3 aromatic rings. The number of nitrogens with zero attached hydrogens (tertiary/aromatic N) is 1. The number of aromatic nitrogens is 1. The lowest BCUT2D eigenvalue weighted by atomic mass is 10.1. The van der Waals surface area contributed by atoms with Crippen LogP contribution in [0, 0.1) is 5.82 Å². The van der Waals surface area contributed by atoms with E-state index < -0.39 is 6.09 Å². The average molecular weight is 407 g/mol. The molecule has 0 fully saturated rings. The van der Waals surface area contributed by atoms with Crippen molar-refractivity contribution in [2.45, 2.75) is 20.5 Å². The molecule has 1 aromatic heterocycles. The zero-order valence-electron chi connectivity index (χ0n) is 13.7. The van der Waals surface area contributed by atoms with E-state index in [-0.39, 0.29) is 12.4 Å². The molecule has 0 aliphatic heterocycles. The number of rotatable bonds is 6. The van der Waals surface area contributed by atoms with Crippen molar-refractivity contribution in [3.05, 3.63) is 59.5 Å². The number of benzene rings is 2. The van der Waals surface area contributed by atoms with Crippen LogP contribution in [0.15, 0.2) is 62.7 Å². The summed E-state index contributed by atoms with van der Waals surface area (Å²) in [7, 11) is 0. The second kappa shape index (κ2) is 8.57. The van der Waals surface area contributed by atoms with E-state index in [1.165, 1.54) is 23.5 Å². The summed E-state index contributed by atoms with van der Waals surface area (Å²) in [5.74, 6) is -0.253. The molecule has 0 saturated carbocycles. The number of carboxylic acid groups (broad SMARTS) is 1. The number of halogens is 1. The minimum absolute atomic E-state index is 0.201. The fourth-order valence-corrected chi connectivity index (χ4v) is 4.85. The molecule has 0 unspecified atom stereocenters. The molecule has 0 radical (unpaired) electrons. The van der Waals surface area contributed by atoms with Crippen LogP contribution in [-0.4, -0.2) is 22.4 Å². The van der Waals surface area contributed by atoms with Gasteiger partial charge >= 0.3 is 6.09 Å². The molecule has 0 aliphatic carbocycles. The van der Waals surface area contributed by atoms with E-state index in [9.17, 15) is 9.18 Å². The smallest absolute Gasteiger partial charge is 0.405 e.